The second kappa shape index (κ2) is 8.48. The Hall–Kier alpha value is -2.74. The van der Waals surface area contributed by atoms with Crippen LogP contribution >= 0.6 is 0 Å². The van der Waals surface area contributed by atoms with Gasteiger partial charge in [0.25, 0.3) is 5.56 Å². The van der Waals surface area contributed by atoms with Crippen molar-refractivity contribution in [3.63, 3.8) is 0 Å². The molecule has 1 aromatic carbocycles. The number of piperidine rings is 1. The van der Waals surface area contributed by atoms with Crippen molar-refractivity contribution in [2.45, 2.75) is 64.0 Å². The van der Waals surface area contributed by atoms with Gasteiger partial charge in [0, 0.05) is 31.2 Å². The Bertz CT molecular complexity index is 1180. The molecule has 180 valence electrons. The largest absolute Gasteiger partial charge is 0.383 e. The molecule has 1 aliphatic heterocycles. The fraction of sp³-hybridized carbons (Fsp3) is 0.615. The maximum atomic E-state index is 13.5. The molecule has 4 saturated carbocycles. The standard InChI is InChI=1S/C26H33N5O3/c1-14-29-20-4-2-3-19(23(20)26(34)31(14)21-5-6-22(32)30-25(21)33)27-7-8-28-24-17-10-15-9-16(12-17)13-18(24)11-15/h2-4,15-18,21,24,27-28H,5-13H2,1H3,(H,30,32,33). The zero-order chi connectivity index (χ0) is 23.4. The highest BCUT2D eigenvalue weighted by molar-refractivity contribution is 5.99. The van der Waals surface area contributed by atoms with Crippen molar-refractivity contribution in [1.82, 2.24) is 20.2 Å². The van der Waals surface area contributed by atoms with Crippen LogP contribution in [0.25, 0.3) is 10.9 Å². The Kier molecular flexibility index (Phi) is 5.43. The van der Waals surface area contributed by atoms with E-state index >= 15 is 0 Å². The summed E-state index contributed by atoms with van der Waals surface area (Å²) in [6.07, 6.45) is 7.57. The minimum atomic E-state index is -0.714. The lowest BCUT2D eigenvalue weighted by Gasteiger charge is -2.54. The number of aromatic nitrogens is 2. The van der Waals surface area contributed by atoms with E-state index in [1.807, 2.05) is 18.2 Å². The minimum absolute atomic E-state index is 0.219. The molecule has 1 aromatic heterocycles. The molecule has 34 heavy (non-hydrogen) atoms. The molecule has 1 saturated heterocycles. The van der Waals surface area contributed by atoms with E-state index in [0.717, 1.165) is 35.9 Å². The van der Waals surface area contributed by atoms with Gasteiger partial charge < -0.3 is 10.6 Å². The highest BCUT2D eigenvalue weighted by atomic mass is 16.2. The van der Waals surface area contributed by atoms with E-state index in [1.54, 1.807) is 6.92 Å². The second-order valence-corrected chi connectivity index (χ2v) is 10.8. The first-order valence-corrected chi connectivity index (χ1v) is 12.8. The summed E-state index contributed by atoms with van der Waals surface area (Å²) < 4.78 is 1.45. The average molecular weight is 464 g/mol. The zero-order valence-corrected chi connectivity index (χ0v) is 19.7. The minimum Gasteiger partial charge on any atom is -0.383 e. The van der Waals surface area contributed by atoms with Crippen LogP contribution in [0.15, 0.2) is 23.0 Å². The summed E-state index contributed by atoms with van der Waals surface area (Å²) in [5.74, 6) is 3.35. The molecule has 2 heterocycles. The van der Waals surface area contributed by atoms with Crippen LogP contribution in [0.1, 0.15) is 56.8 Å². The summed E-state index contributed by atoms with van der Waals surface area (Å²) in [6.45, 7) is 3.30. The van der Waals surface area contributed by atoms with Gasteiger partial charge in [0.2, 0.25) is 11.8 Å². The number of carbonyl (C=O) groups is 2. The summed E-state index contributed by atoms with van der Waals surface area (Å²) in [5, 5.41) is 10.1. The quantitative estimate of drug-likeness (QED) is 0.449. The molecular formula is C26H33N5O3. The summed E-state index contributed by atoms with van der Waals surface area (Å²) in [4.78, 5) is 42.2. The van der Waals surface area contributed by atoms with E-state index in [2.05, 4.69) is 20.9 Å². The lowest BCUT2D eigenvalue weighted by Crippen LogP contribution is -2.55. The molecule has 7 rings (SSSR count). The van der Waals surface area contributed by atoms with Crippen molar-refractivity contribution in [1.29, 1.82) is 0 Å². The van der Waals surface area contributed by atoms with Gasteiger partial charge in [-0.2, -0.15) is 0 Å². The van der Waals surface area contributed by atoms with Crippen LogP contribution in [-0.4, -0.2) is 40.5 Å². The molecule has 0 radical (unpaired) electrons. The number of anilines is 1. The van der Waals surface area contributed by atoms with Crippen molar-refractivity contribution < 1.29 is 9.59 Å². The monoisotopic (exact) mass is 463 g/mol. The van der Waals surface area contributed by atoms with Gasteiger partial charge in [-0.05, 0) is 81.3 Å². The van der Waals surface area contributed by atoms with Crippen LogP contribution in [0.3, 0.4) is 0 Å². The van der Waals surface area contributed by atoms with Crippen molar-refractivity contribution >= 4 is 28.4 Å². The summed E-state index contributed by atoms with van der Waals surface area (Å²) in [5.41, 5.74) is 1.11. The first-order valence-electron chi connectivity index (χ1n) is 12.8. The Balaban J connectivity index is 1.19. The van der Waals surface area contributed by atoms with E-state index in [4.69, 9.17) is 0 Å². The molecule has 8 nitrogen and oxygen atoms in total. The first-order chi connectivity index (χ1) is 16.5. The van der Waals surface area contributed by atoms with E-state index < -0.39 is 11.9 Å². The Labute approximate surface area is 198 Å². The number of rotatable bonds is 6. The fourth-order valence-electron chi connectivity index (χ4n) is 7.49. The van der Waals surface area contributed by atoms with Crippen molar-refractivity contribution in [2.24, 2.45) is 23.7 Å². The molecule has 5 fully saturated rings. The fourth-order valence-corrected chi connectivity index (χ4v) is 7.49. The normalized spacial score (nSPS) is 32.3. The number of hydrogen-bond acceptors (Lipinski definition) is 6. The number of carbonyl (C=O) groups excluding carboxylic acids is 2. The number of imide groups is 1. The molecule has 4 bridgehead atoms. The van der Waals surface area contributed by atoms with Gasteiger partial charge in [0.1, 0.15) is 11.9 Å². The predicted octanol–water partition coefficient (Wildman–Crippen LogP) is 2.51. The molecule has 1 atom stereocenters. The van der Waals surface area contributed by atoms with Crippen molar-refractivity contribution in [3.05, 3.63) is 34.4 Å². The number of benzene rings is 1. The molecule has 5 aliphatic rings. The second-order valence-electron chi connectivity index (χ2n) is 10.8. The van der Waals surface area contributed by atoms with Crippen LogP contribution in [0.4, 0.5) is 5.69 Å². The molecule has 3 N–H and O–H groups in total. The van der Waals surface area contributed by atoms with Gasteiger partial charge in [-0.15, -0.1) is 0 Å². The molecule has 2 amide bonds. The predicted molar refractivity (Wildman–Crippen MR) is 129 cm³/mol. The van der Waals surface area contributed by atoms with Crippen LogP contribution < -0.4 is 21.5 Å². The van der Waals surface area contributed by atoms with E-state index in [1.165, 1.54) is 36.7 Å². The first kappa shape index (κ1) is 21.8. The third kappa shape index (κ3) is 3.72. The molecule has 4 aliphatic carbocycles. The number of amides is 2. The molecule has 1 unspecified atom stereocenters. The van der Waals surface area contributed by atoms with Gasteiger partial charge >= 0.3 is 0 Å². The number of hydrogen-bond donors (Lipinski definition) is 3. The van der Waals surface area contributed by atoms with Gasteiger partial charge in [0.05, 0.1) is 10.9 Å². The van der Waals surface area contributed by atoms with Crippen molar-refractivity contribution in [3.8, 4) is 0 Å². The maximum Gasteiger partial charge on any atom is 0.264 e. The molecule has 8 heteroatoms. The van der Waals surface area contributed by atoms with Gasteiger partial charge in [-0.1, -0.05) is 6.07 Å². The Morgan fingerprint density at radius 2 is 1.76 bits per heavy atom. The molecule has 0 spiro atoms. The summed E-state index contributed by atoms with van der Waals surface area (Å²) >= 11 is 0. The highest BCUT2D eigenvalue weighted by Crippen LogP contribution is 2.53. The Morgan fingerprint density at radius 3 is 2.47 bits per heavy atom. The Morgan fingerprint density at radius 1 is 1.03 bits per heavy atom. The van der Waals surface area contributed by atoms with Crippen LogP contribution in [-0.2, 0) is 9.59 Å². The number of nitrogens with one attached hydrogen (secondary N) is 3. The smallest absolute Gasteiger partial charge is 0.264 e. The zero-order valence-electron chi connectivity index (χ0n) is 19.7. The van der Waals surface area contributed by atoms with E-state index in [-0.39, 0.29) is 17.9 Å². The van der Waals surface area contributed by atoms with E-state index in [9.17, 15) is 14.4 Å². The van der Waals surface area contributed by atoms with E-state index in [0.29, 0.717) is 35.7 Å². The lowest BCUT2D eigenvalue weighted by atomic mass is 9.54. The average Bonchev–Trinajstić information content (AvgIpc) is 2.79. The van der Waals surface area contributed by atoms with Crippen LogP contribution in [0, 0.1) is 30.6 Å². The third-order valence-electron chi connectivity index (χ3n) is 8.68. The number of nitrogens with zero attached hydrogens (tertiary/aromatic N) is 2. The topological polar surface area (TPSA) is 105 Å². The van der Waals surface area contributed by atoms with Crippen LogP contribution in [0.2, 0.25) is 0 Å². The SMILES string of the molecule is Cc1nc2cccc(NCCNC3C4CC5CC(C4)CC3C5)c2c(=O)n1C1CCC(=O)NC1=O. The number of aryl methyl sites for hydroxylation is 1. The molecular weight excluding hydrogens is 430 g/mol. The number of fused-ring (bicyclic) bond motifs is 1. The third-order valence-corrected chi connectivity index (χ3v) is 8.68. The van der Waals surface area contributed by atoms with Crippen molar-refractivity contribution in [2.75, 3.05) is 18.4 Å². The maximum absolute atomic E-state index is 13.5. The van der Waals surface area contributed by atoms with Crippen LogP contribution in [0.5, 0.6) is 0 Å². The molecule has 2 aromatic rings. The van der Waals surface area contributed by atoms with Gasteiger partial charge in [0.15, 0.2) is 0 Å². The van der Waals surface area contributed by atoms with Gasteiger partial charge in [-0.25, -0.2) is 4.98 Å². The lowest BCUT2D eigenvalue weighted by molar-refractivity contribution is -0.135. The highest BCUT2D eigenvalue weighted by Gasteiger charge is 2.47. The summed E-state index contributed by atoms with van der Waals surface area (Å²) in [6, 6.07) is 5.55. The van der Waals surface area contributed by atoms with Gasteiger partial charge in [-0.3, -0.25) is 24.3 Å². The summed E-state index contributed by atoms with van der Waals surface area (Å²) in [7, 11) is 0.